The molecule has 1 N–H and O–H groups in total. The lowest BCUT2D eigenvalue weighted by atomic mass is 9.95. The molecule has 0 aliphatic carbocycles. The van der Waals surface area contributed by atoms with E-state index in [4.69, 9.17) is 30.8 Å². The van der Waals surface area contributed by atoms with Crippen LogP contribution < -0.4 is 9.64 Å². The standard InChI is InChI=1S/C32H34ClF2N7O4/c33-23-10-24-21(13-37-40-24)26-20(23)5-2-9-44-16-25(43)46-19-4-1-7-41(15-19)30-22-12-36-29(26)27(35)28(22)38-31(39-30)45-17-32-6-3-8-42(32)14-18(34)11-32/h10,12-13,18-19H,1-9,11,14-17H2,(H,37,40)/t18-,19-,32+/m1/s1. The Balaban J connectivity index is 1.28. The maximum absolute atomic E-state index is 17.0. The SMILES string of the molecule is O=C1COCCCc2c(Cl)cc3[nH]ncc3c2-c2ncc3c(nc(OC[C@@]45CCCN4C[C@H](F)C5)nc3c2F)N2CCC[C@H](C2)O1. The second kappa shape index (κ2) is 11.8. The quantitative estimate of drug-likeness (QED) is 0.309. The lowest BCUT2D eigenvalue weighted by molar-refractivity contribution is -0.154. The van der Waals surface area contributed by atoms with E-state index in [0.717, 1.165) is 25.8 Å². The number of hydrogen-bond donors (Lipinski definition) is 1. The Kier molecular flexibility index (Phi) is 7.65. The summed E-state index contributed by atoms with van der Waals surface area (Å²) >= 11 is 6.77. The molecule has 3 fully saturated rings. The van der Waals surface area contributed by atoms with E-state index in [1.54, 1.807) is 18.5 Å². The monoisotopic (exact) mass is 653 g/mol. The van der Waals surface area contributed by atoms with Gasteiger partial charge in [0.1, 0.15) is 42.5 Å². The number of nitrogens with one attached hydrogen (secondary N) is 1. The first-order valence-corrected chi connectivity index (χ1v) is 16.3. The van der Waals surface area contributed by atoms with Crippen molar-refractivity contribution in [1.29, 1.82) is 0 Å². The number of aromatic amines is 1. The van der Waals surface area contributed by atoms with Gasteiger partial charge < -0.3 is 19.1 Å². The second-order valence-electron chi connectivity index (χ2n) is 12.8. The number of nitrogens with zero attached hydrogens (tertiary/aromatic N) is 6. The number of fused-ring (bicyclic) bond motifs is 9. The normalized spacial score (nSPS) is 25.6. The number of ether oxygens (including phenoxy) is 3. The highest BCUT2D eigenvalue weighted by molar-refractivity contribution is 6.33. The molecule has 6 bridgehead atoms. The fourth-order valence-corrected chi connectivity index (χ4v) is 8.02. The molecule has 14 heteroatoms. The van der Waals surface area contributed by atoms with E-state index in [1.165, 1.54) is 0 Å². The van der Waals surface area contributed by atoms with Crippen LogP contribution in [0, 0.1) is 5.82 Å². The maximum Gasteiger partial charge on any atom is 0.332 e. The molecule has 3 saturated heterocycles. The summed E-state index contributed by atoms with van der Waals surface area (Å²) < 4.78 is 49.1. The fourth-order valence-electron chi connectivity index (χ4n) is 7.72. The molecular formula is C32H34ClF2N7O4. The largest absolute Gasteiger partial charge is 0.461 e. The van der Waals surface area contributed by atoms with Gasteiger partial charge in [-0.25, -0.2) is 13.6 Å². The number of aromatic nitrogens is 5. The van der Waals surface area contributed by atoms with Crippen molar-refractivity contribution < 1.29 is 27.8 Å². The Bertz CT molecular complexity index is 1820. The summed E-state index contributed by atoms with van der Waals surface area (Å²) in [6.45, 7) is 2.49. The zero-order chi connectivity index (χ0) is 31.4. The van der Waals surface area contributed by atoms with Crippen molar-refractivity contribution in [3.05, 3.63) is 34.9 Å². The predicted molar refractivity (Wildman–Crippen MR) is 166 cm³/mol. The zero-order valence-corrected chi connectivity index (χ0v) is 26.0. The van der Waals surface area contributed by atoms with Crippen LogP contribution in [0.2, 0.25) is 5.02 Å². The third-order valence-electron chi connectivity index (χ3n) is 9.82. The summed E-state index contributed by atoms with van der Waals surface area (Å²) in [7, 11) is 0. The number of halogens is 3. The first-order chi connectivity index (χ1) is 22.4. The minimum absolute atomic E-state index is 0.00675. The van der Waals surface area contributed by atoms with E-state index in [2.05, 4.69) is 25.1 Å². The number of hydrogen-bond acceptors (Lipinski definition) is 10. The number of piperidine rings is 1. The zero-order valence-electron chi connectivity index (χ0n) is 25.2. The number of H-pyrrole nitrogens is 1. The van der Waals surface area contributed by atoms with E-state index in [9.17, 15) is 9.18 Å². The van der Waals surface area contributed by atoms with Crippen molar-refractivity contribution in [1.82, 2.24) is 30.0 Å². The highest BCUT2D eigenvalue weighted by Crippen LogP contribution is 2.42. The predicted octanol–water partition coefficient (Wildman–Crippen LogP) is 4.79. The minimum atomic E-state index is -0.913. The molecule has 0 amide bonds. The van der Waals surface area contributed by atoms with E-state index >= 15 is 4.39 Å². The summed E-state index contributed by atoms with van der Waals surface area (Å²) in [5.41, 5.74) is 1.55. The van der Waals surface area contributed by atoms with Crippen molar-refractivity contribution >= 4 is 45.2 Å². The Morgan fingerprint density at radius 2 is 2.07 bits per heavy atom. The highest BCUT2D eigenvalue weighted by Gasteiger charge is 2.49. The van der Waals surface area contributed by atoms with Crippen LogP contribution in [0.15, 0.2) is 18.5 Å². The average molecular weight is 654 g/mol. The van der Waals surface area contributed by atoms with Gasteiger partial charge in [0.05, 0.1) is 29.2 Å². The summed E-state index contributed by atoms with van der Waals surface area (Å²) in [6, 6.07) is 1.77. The van der Waals surface area contributed by atoms with Crippen LogP contribution in [-0.2, 0) is 20.7 Å². The van der Waals surface area contributed by atoms with Gasteiger partial charge in [0.2, 0.25) is 0 Å². The smallest absolute Gasteiger partial charge is 0.332 e. The van der Waals surface area contributed by atoms with Crippen LogP contribution in [-0.4, -0.2) is 99.8 Å². The lowest BCUT2D eigenvalue weighted by Gasteiger charge is -2.34. The summed E-state index contributed by atoms with van der Waals surface area (Å²) in [5.74, 6) is -0.635. The molecule has 0 spiro atoms. The topological polar surface area (TPSA) is 119 Å². The third-order valence-corrected chi connectivity index (χ3v) is 10.2. The molecule has 46 heavy (non-hydrogen) atoms. The molecule has 9 rings (SSSR count). The number of carbonyl (C=O) groups excluding carboxylic acids is 1. The average Bonchev–Trinajstić information content (AvgIpc) is 3.74. The van der Waals surface area contributed by atoms with Gasteiger partial charge in [-0.1, -0.05) is 11.6 Å². The number of alkyl halides is 1. The van der Waals surface area contributed by atoms with E-state index in [0.29, 0.717) is 83.6 Å². The van der Waals surface area contributed by atoms with Gasteiger partial charge >= 0.3 is 12.0 Å². The lowest BCUT2D eigenvalue weighted by Crippen LogP contribution is -2.43. The van der Waals surface area contributed by atoms with Crippen molar-refractivity contribution in [2.24, 2.45) is 0 Å². The molecule has 0 radical (unpaired) electrons. The van der Waals surface area contributed by atoms with Crippen LogP contribution in [0.3, 0.4) is 0 Å². The first kappa shape index (κ1) is 29.7. The van der Waals surface area contributed by atoms with Crippen LogP contribution in [0.25, 0.3) is 33.1 Å². The van der Waals surface area contributed by atoms with E-state index in [1.807, 2.05) is 4.90 Å². The molecule has 4 aromatic rings. The number of esters is 1. The number of benzene rings is 1. The molecule has 5 aliphatic heterocycles. The van der Waals surface area contributed by atoms with Gasteiger partial charge in [-0.2, -0.15) is 15.1 Å². The Morgan fingerprint density at radius 3 is 2.98 bits per heavy atom. The first-order valence-electron chi connectivity index (χ1n) is 15.9. The minimum Gasteiger partial charge on any atom is -0.461 e. The summed E-state index contributed by atoms with van der Waals surface area (Å²) in [6.07, 6.45) is 6.46. The van der Waals surface area contributed by atoms with E-state index in [-0.39, 0.29) is 37.0 Å². The van der Waals surface area contributed by atoms with Crippen molar-refractivity contribution in [2.75, 3.05) is 50.9 Å². The Morgan fingerprint density at radius 1 is 1.15 bits per heavy atom. The molecule has 8 heterocycles. The van der Waals surface area contributed by atoms with E-state index < -0.39 is 29.6 Å². The third kappa shape index (κ3) is 5.22. The maximum atomic E-state index is 17.0. The van der Waals surface area contributed by atoms with Gasteiger partial charge in [-0.15, -0.1) is 0 Å². The molecule has 0 unspecified atom stereocenters. The van der Waals surface area contributed by atoms with Gasteiger partial charge in [0.25, 0.3) is 0 Å². The molecule has 3 atom stereocenters. The van der Waals surface area contributed by atoms with Gasteiger partial charge in [0.15, 0.2) is 5.82 Å². The fraction of sp³-hybridized carbons (Fsp3) is 0.531. The van der Waals surface area contributed by atoms with Crippen molar-refractivity contribution in [2.45, 2.75) is 62.8 Å². The van der Waals surface area contributed by atoms with Crippen LogP contribution in [0.4, 0.5) is 14.6 Å². The summed E-state index contributed by atoms with van der Waals surface area (Å²) in [4.78, 5) is 30.8. The molecule has 1 aromatic carbocycles. The van der Waals surface area contributed by atoms with Crippen molar-refractivity contribution in [3.63, 3.8) is 0 Å². The molecule has 0 saturated carbocycles. The molecule has 11 nitrogen and oxygen atoms in total. The van der Waals surface area contributed by atoms with Crippen LogP contribution in [0.1, 0.15) is 44.1 Å². The van der Waals surface area contributed by atoms with Gasteiger partial charge in [-0.3, -0.25) is 15.0 Å². The molecule has 3 aromatic heterocycles. The number of pyridine rings is 1. The number of carbonyl (C=O) groups is 1. The van der Waals surface area contributed by atoms with Crippen molar-refractivity contribution in [3.8, 4) is 17.3 Å². The molecule has 242 valence electrons. The molecular weight excluding hydrogens is 620 g/mol. The molecule has 5 aliphatic rings. The number of rotatable bonds is 3. The van der Waals surface area contributed by atoms with Crippen LogP contribution in [0.5, 0.6) is 6.01 Å². The van der Waals surface area contributed by atoms with Gasteiger partial charge in [0, 0.05) is 48.3 Å². The van der Waals surface area contributed by atoms with Crippen LogP contribution >= 0.6 is 11.6 Å². The Labute approximate surface area is 268 Å². The Hall–Kier alpha value is -3.68. The summed E-state index contributed by atoms with van der Waals surface area (Å²) in [5, 5.41) is 8.62. The van der Waals surface area contributed by atoms with Gasteiger partial charge in [-0.05, 0) is 56.7 Å². The second-order valence-corrected chi connectivity index (χ2v) is 13.2. The highest BCUT2D eigenvalue weighted by atomic mass is 35.5. The number of anilines is 1.